The summed E-state index contributed by atoms with van der Waals surface area (Å²) in [5.41, 5.74) is 2.95. The standard InChI is InChI=1S/C32H34ClNO5/c1-6-38-24-10-8-9-20(17-24)19-34-28(21-11-14-23(15-12-21)32(3,4)5)27(30(36)31(34)37)29(35)22-13-16-25(33)26(18-22)39-7-2/h8-18,28,35H,6-7,19H2,1-5H3/b29-27-. The zero-order valence-corrected chi connectivity index (χ0v) is 23.7. The number of aliphatic hydroxyl groups excluding tert-OH is 1. The average molecular weight is 548 g/mol. The third-order valence-corrected chi connectivity index (χ3v) is 7.01. The first-order chi connectivity index (χ1) is 18.5. The number of ketones is 1. The molecule has 0 aliphatic carbocycles. The molecule has 1 aliphatic rings. The van der Waals surface area contributed by atoms with Crippen LogP contribution in [0.4, 0.5) is 0 Å². The number of Topliss-reactive ketones (excluding diaryl/α,β-unsaturated/α-hetero) is 1. The molecule has 3 aromatic carbocycles. The monoisotopic (exact) mass is 547 g/mol. The maximum atomic E-state index is 13.5. The van der Waals surface area contributed by atoms with Crippen LogP contribution in [0.25, 0.3) is 5.76 Å². The van der Waals surface area contributed by atoms with Gasteiger partial charge in [0.15, 0.2) is 0 Å². The summed E-state index contributed by atoms with van der Waals surface area (Å²) < 4.78 is 11.2. The Morgan fingerprint density at radius 1 is 0.949 bits per heavy atom. The summed E-state index contributed by atoms with van der Waals surface area (Å²) in [5.74, 6) is -0.631. The minimum Gasteiger partial charge on any atom is -0.507 e. The first-order valence-electron chi connectivity index (χ1n) is 13.1. The predicted molar refractivity (Wildman–Crippen MR) is 153 cm³/mol. The summed E-state index contributed by atoms with van der Waals surface area (Å²) in [4.78, 5) is 28.4. The van der Waals surface area contributed by atoms with Crippen LogP contribution in [-0.4, -0.2) is 34.9 Å². The highest BCUT2D eigenvalue weighted by Crippen LogP contribution is 2.42. The molecule has 0 spiro atoms. The smallest absolute Gasteiger partial charge is 0.295 e. The number of ether oxygens (including phenoxy) is 2. The topological polar surface area (TPSA) is 76.1 Å². The molecule has 1 fully saturated rings. The Labute approximate surface area is 234 Å². The molecule has 0 aromatic heterocycles. The molecule has 39 heavy (non-hydrogen) atoms. The molecule has 1 heterocycles. The van der Waals surface area contributed by atoms with Gasteiger partial charge in [-0.2, -0.15) is 0 Å². The first kappa shape index (κ1) is 28.2. The highest BCUT2D eigenvalue weighted by molar-refractivity contribution is 6.46. The number of nitrogens with zero attached hydrogens (tertiary/aromatic N) is 1. The third kappa shape index (κ3) is 5.96. The summed E-state index contributed by atoms with van der Waals surface area (Å²) in [7, 11) is 0. The predicted octanol–water partition coefficient (Wildman–Crippen LogP) is 7.06. The minimum absolute atomic E-state index is 0.0224. The second-order valence-electron chi connectivity index (χ2n) is 10.5. The second-order valence-corrected chi connectivity index (χ2v) is 10.9. The first-order valence-corrected chi connectivity index (χ1v) is 13.5. The highest BCUT2D eigenvalue weighted by Gasteiger charge is 2.46. The van der Waals surface area contributed by atoms with Gasteiger partial charge in [0.05, 0.1) is 29.9 Å². The fourth-order valence-corrected chi connectivity index (χ4v) is 4.90. The minimum atomic E-state index is -0.791. The number of rotatable bonds is 8. The van der Waals surface area contributed by atoms with Crippen molar-refractivity contribution in [3.63, 3.8) is 0 Å². The van der Waals surface area contributed by atoms with Crippen molar-refractivity contribution in [1.82, 2.24) is 4.90 Å². The van der Waals surface area contributed by atoms with Crippen molar-refractivity contribution < 1.29 is 24.2 Å². The van der Waals surface area contributed by atoms with Crippen LogP contribution in [0.5, 0.6) is 11.5 Å². The van der Waals surface area contributed by atoms with E-state index in [9.17, 15) is 14.7 Å². The third-order valence-electron chi connectivity index (χ3n) is 6.70. The van der Waals surface area contributed by atoms with Crippen molar-refractivity contribution in [3.8, 4) is 11.5 Å². The fraction of sp³-hybridized carbons (Fsp3) is 0.312. The van der Waals surface area contributed by atoms with Gasteiger partial charge in [-0.3, -0.25) is 9.59 Å². The lowest BCUT2D eigenvalue weighted by Crippen LogP contribution is -2.29. The summed E-state index contributed by atoms with van der Waals surface area (Å²) >= 11 is 6.25. The van der Waals surface area contributed by atoms with Crippen LogP contribution in [0.1, 0.15) is 62.9 Å². The Bertz CT molecular complexity index is 1400. The molecule has 1 atom stereocenters. The molecule has 1 N–H and O–H groups in total. The molecule has 4 rings (SSSR count). The zero-order valence-electron chi connectivity index (χ0n) is 23.0. The largest absolute Gasteiger partial charge is 0.507 e. The molecule has 6 nitrogen and oxygen atoms in total. The van der Waals surface area contributed by atoms with Gasteiger partial charge in [-0.25, -0.2) is 0 Å². The lowest BCUT2D eigenvalue weighted by Gasteiger charge is -2.27. The molecule has 1 unspecified atom stereocenters. The van der Waals surface area contributed by atoms with E-state index in [1.165, 1.54) is 4.90 Å². The number of amides is 1. The van der Waals surface area contributed by atoms with Crippen LogP contribution in [0, 0.1) is 0 Å². The number of hydrogen-bond acceptors (Lipinski definition) is 5. The Morgan fingerprint density at radius 3 is 2.28 bits per heavy atom. The van der Waals surface area contributed by atoms with Gasteiger partial charge in [0, 0.05) is 12.1 Å². The summed E-state index contributed by atoms with van der Waals surface area (Å²) in [6, 6.07) is 19.3. The number of carbonyl (C=O) groups is 2. The summed E-state index contributed by atoms with van der Waals surface area (Å²) in [6.07, 6.45) is 0. The number of likely N-dealkylation sites (tertiary alicyclic amines) is 1. The van der Waals surface area contributed by atoms with E-state index in [4.69, 9.17) is 21.1 Å². The lowest BCUT2D eigenvalue weighted by molar-refractivity contribution is -0.140. The van der Waals surface area contributed by atoms with E-state index in [-0.39, 0.29) is 23.3 Å². The summed E-state index contributed by atoms with van der Waals surface area (Å²) in [6.45, 7) is 11.2. The van der Waals surface area contributed by atoms with Crippen molar-refractivity contribution >= 4 is 29.1 Å². The maximum absolute atomic E-state index is 13.5. The molecular weight excluding hydrogens is 514 g/mol. The molecule has 7 heteroatoms. The normalized spacial score (nSPS) is 17.0. The number of halogens is 1. The van der Waals surface area contributed by atoms with Gasteiger partial charge in [-0.05, 0) is 66.3 Å². The average Bonchev–Trinajstić information content (AvgIpc) is 3.14. The van der Waals surface area contributed by atoms with Crippen molar-refractivity contribution in [2.75, 3.05) is 13.2 Å². The van der Waals surface area contributed by atoms with Gasteiger partial charge < -0.3 is 19.5 Å². The molecule has 1 amide bonds. The Kier molecular flexibility index (Phi) is 8.36. The van der Waals surface area contributed by atoms with E-state index >= 15 is 0 Å². The lowest BCUT2D eigenvalue weighted by atomic mass is 9.85. The molecule has 1 aliphatic heterocycles. The van der Waals surface area contributed by atoms with E-state index in [1.54, 1.807) is 18.2 Å². The number of aliphatic hydroxyl groups is 1. The van der Waals surface area contributed by atoms with Gasteiger partial charge >= 0.3 is 0 Å². The van der Waals surface area contributed by atoms with Crippen molar-refractivity contribution in [3.05, 3.63) is 99.6 Å². The van der Waals surface area contributed by atoms with Crippen molar-refractivity contribution in [2.24, 2.45) is 0 Å². The van der Waals surface area contributed by atoms with Crippen molar-refractivity contribution in [2.45, 2.75) is 52.6 Å². The van der Waals surface area contributed by atoms with Gasteiger partial charge in [0.25, 0.3) is 11.7 Å². The van der Waals surface area contributed by atoms with E-state index < -0.39 is 17.7 Å². The fourth-order valence-electron chi connectivity index (χ4n) is 4.72. The molecule has 1 saturated heterocycles. The molecule has 0 radical (unpaired) electrons. The van der Waals surface area contributed by atoms with Crippen LogP contribution >= 0.6 is 11.6 Å². The quantitative estimate of drug-likeness (QED) is 0.186. The van der Waals surface area contributed by atoms with Crippen LogP contribution in [-0.2, 0) is 21.5 Å². The second kappa shape index (κ2) is 11.5. The molecular formula is C32H34ClNO5. The van der Waals surface area contributed by atoms with Crippen LogP contribution in [0.3, 0.4) is 0 Å². The van der Waals surface area contributed by atoms with Crippen LogP contribution in [0.2, 0.25) is 5.02 Å². The number of benzene rings is 3. The summed E-state index contributed by atoms with van der Waals surface area (Å²) in [5, 5.41) is 11.9. The zero-order chi connectivity index (χ0) is 28.3. The van der Waals surface area contributed by atoms with E-state index in [0.29, 0.717) is 35.3 Å². The number of hydrogen-bond donors (Lipinski definition) is 1. The SMILES string of the molecule is CCOc1cccc(CN2C(=O)C(=O)/C(=C(\O)c3ccc(Cl)c(OCC)c3)C2c2ccc(C(C)(C)C)cc2)c1. The van der Waals surface area contributed by atoms with Crippen LogP contribution < -0.4 is 9.47 Å². The Balaban J connectivity index is 1.85. The van der Waals surface area contributed by atoms with Crippen molar-refractivity contribution in [1.29, 1.82) is 0 Å². The van der Waals surface area contributed by atoms with E-state index in [2.05, 4.69) is 20.8 Å². The molecule has 0 bridgehead atoms. The van der Waals surface area contributed by atoms with E-state index in [0.717, 1.165) is 16.7 Å². The highest BCUT2D eigenvalue weighted by atomic mass is 35.5. The number of carbonyl (C=O) groups excluding carboxylic acids is 2. The van der Waals surface area contributed by atoms with Gasteiger partial charge in [0.1, 0.15) is 17.3 Å². The van der Waals surface area contributed by atoms with Gasteiger partial charge in [-0.15, -0.1) is 0 Å². The Morgan fingerprint density at radius 2 is 1.64 bits per heavy atom. The Hall–Kier alpha value is -3.77. The van der Waals surface area contributed by atoms with E-state index in [1.807, 2.05) is 62.4 Å². The molecule has 0 saturated carbocycles. The van der Waals surface area contributed by atoms with Crippen LogP contribution in [0.15, 0.2) is 72.3 Å². The van der Waals surface area contributed by atoms with Gasteiger partial charge in [-0.1, -0.05) is 68.8 Å². The molecule has 204 valence electrons. The maximum Gasteiger partial charge on any atom is 0.295 e. The molecule has 3 aromatic rings. The van der Waals surface area contributed by atoms with Gasteiger partial charge in [0.2, 0.25) is 0 Å².